The number of anilines is 1. The zero-order valence-corrected chi connectivity index (χ0v) is 16.0. The lowest BCUT2D eigenvalue weighted by molar-refractivity contribution is 0.507. The number of hydrogen-bond donors (Lipinski definition) is 1. The maximum absolute atomic E-state index is 13.3. The van der Waals surface area contributed by atoms with Crippen LogP contribution in [0.4, 0.5) is 13.9 Å². The van der Waals surface area contributed by atoms with Gasteiger partial charge in [0.1, 0.15) is 4.90 Å². The van der Waals surface area contributed by atoms with Crippen LogP contribution in [0.5, 0.6) is 0 Å². The first-order valence-corrected chi connectivity index (χ1v) is 10.2. The molecule has 4 nitrogen and oxygen atoms in total. The van der Waals surface area contributed by atoms with E-state index in [-0.39, 0.29) is 26.5 Å². The van der Waals surface area contributed by atoms with Gasteiger partial charge in [-0.3, -0.25) is 4.72 Å². The Balaban J connectivity index is 1.79. The minimum Gasteiger partial charge on any atom is -0.255 e. The average Bonchev–Trinajstić information content (AvgIpc) is 2.99. The van der Waals surface area contributed by atoms with Crippen molar-refractivity contribution in [2.75, 3.05) is 4.72 Å². The molecule has 2 aromatic carbocycles. The number of thiazole rings is 1. The molecule has 0 aliphatic rings. The molecule has 0 saturated heterocycles. The van der Waals surface area contributed by atoms with Gasteiger partial charge in [-0.25, -0.2) is 22.2 Å². The molecular weight excluding hydrogens is 425 g/mol. The van der Waals surface area contributed by atoms with E-state index in [1.807, 2.05) is 0 Å². The molecule has 0 aliphatic carbocycles. The molecular formula is C16H10Cl2F2N2O2S2. The summed E-state index contributed by atoms with van der Waals surface area (Å²) in [6.07, 6.45) is 1.75. The van der Waals surface area contributed by atoms with Gasteiger partial charge in [-0.1, -0.05) is 35.3 Å². The summed E-state index contributed by atoms with van der Waals surface area (Å²) < 4.78 is 53.5. The molecule has 3 rings (SSSR count). The number of halogens is 4. The molecule has 136 valence electrons. The van der Waals surface area contributed by atoms with E-state index in [1.54, 1.807) is 0 Å². The van der Waals surface area contributed by atoms with Crippen molar-refractivity contribution in [1.29, 1.82) is 0 Å². The summed E-state index contributed by atoms with van der Waals surface area (Å²) >= 11 is 12.9. The van der Waals surface area contributed by atoms with Crippen LogP contribution in [0.2, 0.25) is 10.0 Å². The fourth-order valence-electron chi connectivity index (χ4n) is 2.15. The molecule has 0 bridgehead atoms. The van der Waals surface area contributed by atoms with Crippen LogP contribution < -0.4 is 4.72 Å². The lowest BCUT2D eigenvalue weighted by Gasteiger charge is -2.07. The van der Waals surface area contributed by atoms with Crippen LogP contribution in [-0.4, -0.2) is 13.4 Å². The summed E-state index contributed by atoms with van der Waals surface area (Å²) in [5.74, 6) is -1.87. The molecule has 0 atom stereocenters. The summed E-state index contributed by atoms with van der Waals surface area (Å²) in [6, 6.07) is 7.85. The first-order valence-electron chi connectivity index (χ1n) is 7.12. The maximum atomic E-state index is 13.3. The third-order valence-corrected chi connectivity index (χ3v) is 6.70. The SMILES string of the molecule is O=S(=O)(Nc1ncc(Cc2ccc(F)c(F)c2)s1)c1cccc(Cl)c1Cl. The van der Waals surface area contributed by atoms with E-state index in [0.717, 1.165) is 23.5 Å². The molecule has 0 spiro atoms. The standard InChI is InChI=1S/C16H10Cl2F2N2O2S2/c17-11-2-1-3-14(15(11)18)26(23,24)22-16-21-8-10(25-16)6-9-4-5-12(19)13(20)7-9/h1-5,7-8H,6H2,(H,21,22). The van der Waals surface area contributed by atoms with Gasteiger partial charge in [-0.05, 0) is 29.8 Å². The molecule has 10 heteroatoms. The number of nitrogens with zero attached hydrogens (tertiary/aromatic N) is 1. The van der Waals surface area contributed by atoms with Gasteiger partial charge < -0.3 is 0 Å². The van der Waals surface area contributed by atoms with Crippen molar-refractivity contribution >= 4 is 49.7 Å². The first-order chi connectivity index (χ1) is 12.3. The molecule has 0 unspecified atom stereocenters. The van der Waals surface area contributed by atoms with Crippen LogP contribution in [0.3, 0.4) is 0 Å². The summed E-state index contributed by atoms with van der Waals surface area (Å²) in [4.78, 5) is 4.51. The Bertz CT molecular complexity index is 1070. The zero-order chi connectivity index (χ0) is 18.9. The number of nitrogens with one attached hydrogen (secondary N) is 1. The second-order valence-corrected chi connectivity index (χ2v) is 8.77. The van der Waals surface area contributed by atoms with Gasteiger partial charge in [0.05, 0.1) is 10.0 Å². The van der Waals surface area contributed by atoms with E-state index in [2.05, 4.69) is 9.71 Å². The Kier molecular flexibility index (Phi) is 5.47. The number of aromatic nitrogens is 1. The molecule has 0 aliphatic heterocycles. The van der Waals surface area contributed by atoms with E-state index in [1.165, 1.54) is 30.5 Å². The summed E-state index contributed by atoms with van der Waals surface area (Å²) in [5.41, 5.74) is 0.542. The van der Waals surface area contributed by atoms with E-state index in [0.29, 0.717) is 10.4 Å². The van der Waals surface area contributed by atoms with Gasteiger partial charge in [0.2, 0.25) is 0 Å². The predicted octanol–water partition coefficient (Wildman–Crippen LogP) is 5.12. The van der Waals surface area contributed by atoms with Crippen molar-refractivity contribution in [3.8, 4) is 0 Å². The number of rotatable bonds is 5. The van der Waals surface area contributed by atoms with Crippen molar-refractivity contribution in [2.24, 2.45) is 0 Å². The van der Waals surface area contributed by atoms with E-state index in [9.17, 15) is 17.2 Å². The summed E-state index contributed by atoms with van der Waals surface area (Å²) in [5, 5.41) is 0.159. The molecule has 0 radical (unpaired) electrons. The second kappa shape index (κ2) is 7.48. The Morgan fingerprint density at radius 3 is 2.62 bits per heavy atom. The van der Waals surface area contributed by atoms with Gasteiger partial charge in [0.15, 0.2) is 16.8 Å². The second-order valence-electron chi connectivity index (χ2n) is 5.21. The van der Waals surface area contributed by atoms with Crippen molar-refractivity contribution in [2.45, 2.75) is 11.3 Å². The Labute approximate surface area is 162 Å². The smallest absolute Gasteiger partial charge is 0.255 e. The topological polar surface area (TPSA) is 59.1 Å². The van der Waals surface area contributed by atoms with Crippen LogP contribution in [0, 0.1) is 11.6 Å². The van der Waals surface area contributed by atoms with Crippen molar-refractivity contribution in [3.05, 3.63) is 74.7 Å². The Hall–Kier alpha value is -1.74. The molecule has 26 heavy (non-hydrogen) atoms. The fourth-order valence-corrected chi connectivity index (χ4v) is 5.00. The Morgan fingerprint density at radius 2 is 1.88 bits per heavy atom. The van der Waals surface area contributed by atoms with Crippen LogP contribution >= 0.6 is 34.5 Å². The average molecular weight is 435 g/mol. The Morgan fingerprint density at radius 1 is 1.12 bits per heavy atom. The predicted molar refractivity (Wildman–Crippen MR) is 98.5 cm³/mol. The van der Waals surface area contributed by atoms with Gasteiger partial charge in [-0.2, -0.15) is 0 Å². The number of benzene rings is 2. The lowest BCUT2D eigenvalue weighted by atomic mass is 10.1. The molecule has 0 saturated carbocycles. The van der Waals surface area contributed by atoms with E-state index in [4.69, 9.17) is 23.2 Å². The molecule has 3 aromatic rings. The normalized spacial score (nSPS) is 11.5. The van der Waals surface area contributed by atoms with Crippen molar-refractivity contribution < 1.29 is 17.2 Å². The molecule has 1 aromatic heterocycles. The van der Waals surface area contributed by atoms with Gasteiger partial charge >= 0.3 is 0 Å². The first kappa shape index (κ1) is 19.0. The highest BCUT2D eigenvalue weighted by atomic mass is 35.5. The zero-order valence-electron chi connectivity index (χ0n) is 12.8. The molecule has 0 fully saturated rings. The highest BCUT2D eigenvalue weighted by Gasteiger charge is 2.21. The monoisotopic (exact) mass is 434 g/mol. The highest BCUT2D eigenvalue weighted by molar-refractivity contribution is 7.93. The van der Waals surface area contributed by atoms with Gasteiger partial charge in [0.25, 0.3) is 10.0 Å². The fraction of sp³-hybridized carbons (Fsp3) is 0.0625. The molecule has 0 amide bonds. The van der Waals surface area contributed by atoms with E-state index < -0.39 is 21.7 Å². The van der Waals surface area contributed by atoms with Crippen molar-refractivity contribution in [1.82, 2.24) is 4.98 Å². The lowest BCUT2D eigenvalue weighted by Crippen LogP contribution is -2.13. The minimum absolute atomic E-state index is 0.0831. The van der Waals surface area contributed by atoms with Crippen LogP contribution in [0.25, 0.3) is 0 Å². The van der Waals surface area contributed by atoms with Crippen LogP contribution in [0.15, 0.2) is 47.5 Å². The van der Waals surface area contributed by atoms with Crippen molar-refractivity contribution in [3.63, 3.8) is 0 Å². The summed E-state index contributed by atoms with van der Waals surface area (Å²) in [6.45, 7) is 0. The third-order valence-electron chi connectivity index (χ3n) is 3.34. The summed E-state index contributed by atoms with van der Waals surface area (Å²) in [7, 11) is -3.97. The van der Waals surface area contributed by atoms with Gasteiger partial charge in [0, 0.05) is 17.5 Å². The maximum Gasteiger partial charge on any atom is 0.265 e. The highest BCUT2D eigenvalue weighted by Crippen LogP contribution is 2.31. The van der Waals surface area contributed by atoms with Crippen LogP contribution in [0.1, 0.15) is 10.4 Å². The number of hydrogen-bond acceptors (Lipinski definition) is 4. The third kappa shape index (κ3) is 4.15. The van der Waals surface area contributed by atoms with Crippen LogP contribution in [-0.2, 0) is 16.4 Å². The number of sulfonamides is 1. The molecule has 1 heterocycles. The molecule has 1 N–H and O–H groups in total. The van der Waals surface area contributed by atoms with E-state index >= 15 is 0 Å². The van der Waals surface area contributed by atoms with Gasteiger partial charge in [-0.15, -0.1) is 11.3 Å². The quantitative estimate of drug-likeness (QED) is 0.605. The minimum atomic E-state index is -3.97. The largest absolute Gasteiger partial charge is 0.265 e.